The summed E-state index contributed by atoms with van der Waals surface area (Å²) in [7, 11) is 1.86. The number of ketones is 1. The van der Waals surface area contributed by atoms with Crippen LogP contribution < -0.4 is 4.74 Å². The van der Waals surface area contributed by atoms with Crippen LogP contribution in [0.1, 0.15) is 64.1 Å². The molecule has 3 aliphatic rings. The van der Waals surface area contributed by atoms with Gasteiger partial charge in [0.1, 0.15) is 34.7 Å². The van der Waals surface area contributed by atoms with Crippen LogP contribution in [0.3, 0.4) is 0 Å². The molecule has 9 heteroatoms. The van der Waals surface area contributed by atoms with Crippen molar-refractivity contribution in [2.24, 2.45) is 5.41 Å². The fourth-order valence-corrected chi connectivity index (χ4v) is 5.60. The van der Waals surface area contributed by atoms with Crippen LogP contribution in [0, 0.1) is 10.8 Å². The Morgan fingerprint density at radius 3 is 2.78 bits per heavy atom. The van der Waals surface area contributed by atoms with Crippen molar-refractivity contribution < 1.29 is 19.0 Å². The molecule has 1 aromatic rings. The van der Waals surface area contributed by atoms with E-state index in [1.165, 1.54) is 6.07 Å². The van der Waals surface area contributed by atoms with Crippen molar-refractivity contribution in [3.8, 4) is 5.88 Å². The number of ether oxygens (including phenoxy) is 1. The highest BCUT2D eigenvalue weighted by Crippen LogP contribution is 2.48. The van der Waals surface area contributed by atoms with Crippen molar-refractivity contribution in [2.75, 3.05) is 13.6 Å². The number of Topliss-reactive ketones (excluding diaryl/α,β-unsaturated/α-hetero) is 1. The number of hydrogen-bond donors (Lipinski definition) is 2. The molecule has 0 amide bonds. The molecule has 1 aliphatic heterocycles. The Balaban J connectivity index is 1.59. The average molecular weight is 465 g/mol. The third kappa shape index (κ3) is 4.27. The number of carbonyl (C=O) groups is 1. The maximum absolute atomic E-state index is 13.8. The summed E-state index contributed by atoms with van der Waals surface area (Å²) in [6.07, 6.45) is 3.77. The predicted molar refractivity (Wildman–Crippen MR) is 119 cm³/mol. The van der Waals surface area contributed by atoms with E-state index < -0.39 is 11.6 Å². The highest BCUT2D eigenvalue weighted by Gasteiger charge is 2.47. The van der Waals surface area contributed by atoms with Gasteiger partial charge in [0.05, 0.1) is 5.41 Å². The largest absolute Gasteiger partial charge is 0.511 e. The highest BCUT2D eigenvalue weighted by molar-refractivity contribution is 6.29. The van der Waals surface area contributed by atoms with Crippen LogP contribution >= 0.6 is 11.6 Å². The van der Waals surface area contributed by atoms with E-state index in [1.807, 2.05) is 18.9 Å². The first kappa shape index (κ1) is 23.1. The summed E-state index contributed by atoms with van der Waals surface area (Å²) in [6.45, 7) is 2.22. The zero-order valence-corrected chi connectivity index (χ0v) is 19.3. The summed E-state index contributed by atoms with van der Waals surface area (Å²) in [4.78, 5) is 23.2. The molecule has 2 aliphatic carbocycles. The number of aliphatic hydroxyl groups is 1. The minimum atomic E-state index is -0.884. The molecule has 1 spiro atoms. The minimum Gasteiger partial charge on any atom is -0.511 e. The lowest BCUT2D eigenvalue weighted by atomic mass is 9.64. The molecule has 4 atom stereocenters. The minimum absolute atomic E-state index is 0.000528. The molecule has 1 aromatic heterocycles. The number of hydrogen-bond acceptors (Lipinski definition) is 7. The Morgan fingerprint density at radius 2 is 2.09 bits per heavy atom. The molecule has 0 bridgehead atoms. The number of rotatable bonds is 5. The number of alkyl halides is 1. The van der Waals surface area contributed by atoms with Crippen LogP contribution in [0.2, 0.25) is 5.15 Å². The van der Waals surface area contributed by atoms with Gasteiger partial charge in [-0.2, -0.15) is 4.98 Å². The van der Waals surface area contributed by atoms with Gasteiger partial charge in [0.2, 0.25) is 5.88 Å². The number of likely N-dealkylation sites (tertiary alicyclic amines) is 1. The van der Waals surface area contributed by atoms with Crippen molar-refractivity contribution in [1.82, 2.24) is 14.9 Å². The fourth-order valence-electron chi connectivity index (χ4n) is 5.43. The molecule has 4 rings (SSSR count). The Hall–Kier alpha value is -2.06. The molecule has 7 nitrogen and oxygen atoms in total. The Morgan fingerprint density at radius 1 is 1.34 bits per heavy atom. The van der Waals surface area contributed by atoms with Gasteiger partial charge in [-0.15, -0.1) is 0 Å². The van der Waals surface area contributed by atoms with E-state index >= 15 is 0 Å². The van der Waals surface area contributed by atoms with E-state index in [9.17, 15) is 14.3 Å². The normalized spacial score (nSPS) is 30.1. The first-order valence-electron chi connectivity index (χ1n) is 11.3. The second-order valence-electron chi connectivity index (χ2n) is 9.28. The fraction of sp³-hybridized carbons (Fsp3) is 0.652. The second-order valence-corrected chi connectivity index (χ2v) is 9.67. The number of aliphatic hydroxyl groups excluding tert-OH is 1. The highest BCUT2D eigenvalue weighted by atomic mass is 35.5. The third-order valence-corrected chi connectivity index (χ3v) is 7.35. The van der Waals surface area contributed by atoms with E-state index in [2.05, 4.69) is 9.97 Å². The van der Waals surface area contributed by atoms with Crippen LogP contribution in [0.25, 0.3) is 0 Å². The number of likely N-dealkylation sites (N-methyl/N-ethyl adjacent to an activating group) is 1. The van der Waals surface area contributed by atoms with Crippen molar-refractivity contribution >= 4 is 23.1 Å². The van der Waals surface area contributed by atoms with Crippen LogP contribution in [0.5, 0.6) is 5.88 Å². The van der Waals surface area contributed by atoms with Crippen molar-refractivity contribution in [2.45, 2.75) is 76.6 Å². The molecule has 0 radical (unpaired) electrons. The van der Waals surface area contributed by atoms with Gasteiger partial charge in [-0.25, -0.2) is 9.37 Å². The predicted octanol–water partition coefficient (Wildman–Crippen LogP) is 4.43. The Kier molecular flexibility index (Phi) is 6.54. The monoisotopic (exact) mass is 464 g/mol. The SMILES string of the molecule is C[C@H](Oc1cc(Cl)nc(C(=N)C2=C(O)[C@]3(CCCCC3=O)CCC2)n1)[C@@H]1C[C@H](F)CN1C. The molecule has 1 saturated heterocycles. The number of nitrogens with one attached hydrogen (secondary N) is 1. The lowest BCUT2D eigenvalue weighted by Gasteiger charge is -2.39. The smallest absolute Gasteiger partial charge is 0.218 e. The number of halogens is 2. The van der Waals surface area contributed by atoms with Gasteiger partial charge in [0.25, 0.3) is 0 Å². The third-order valence-electron chi connectivity index (χ3n) is 7.16. The number of allylic oxidation sites excluding steroid dienone is 2. The Bertz CT molecular complexity index is 955. The molecule has 2 fully saturated rings. The average Bonchev–Trinajstić information content (AvgIpc) is 3.09. The van der Waals surface area contributed by atoms with E-state index in [-0.39, 0.29) is 46.3 Å². The van der Waals surface area contributed by atoms with Crippen molar-refractivity contribution in [3.05, 3.63) is 28.4 Å². The first-order chi connectivity index (χ1) is 15.2. The lowest BCUT2D eigenvalue weighted by molar-refractivity contribution is -0.131. The zero-order chi connectivity index (χ0) is 23.0. The quantitative estimate of drug-likeness (QED) is 0.494. The van der Waals surface area contributed by atoms with Gasteiger partial charge in [0, 0.05) is 30.6 Å². The number of nitrogens with zero attached hydrogens (tertiary/aromatic N) is 3. The number of aromatic nitrogens is 2. The van der Waals surface area contributed by atoms with Gasteiger partial charge in [-0.05, 0) is 52.5 Å². The van der Waals surface area contributed by atoms with Crippen LogP contribution in [-0.4, -0.2) is 63.4 Å². The summed E-state index contributed by atoms with van der Waals surface area (Å²) in [6, 6.07) is 1.38. The lowest BCUT2D eigenvalue weighted by Crippen LogP contribution is -2.39. The van der Waals surface area contributed by atoms with Gasteiger partial charge in [0.15, 0.2) is 5.82 Å². The summed E-state index contributed by atoms with van der Waals surface area (Å²) in [5, 5.41) is 19.9. The van der Waals surface area contributed by atoms with E-state index in [0.29, 0.717) is 50.6 Å². The van der Waals surface area contributed by atoms with Crippen LogP contribution in [-0.2, 0) is 4.79 Å². The summed E-state index contributed by atoms with van der Waals surface area (Å²) >= 11 is 6.20. The first-order valence-corrected chi connectivity index (χ1v) is 11.7. The molecule has 1 saturated carbocycles. The Labute approximate surface area is 192 Å². The maximum atomic E-state index is 13.8. The van der Waals surface area contributed by atoms with E-state index in [1.54, 1.807) is 0 Å². The summed E-state index contributed by atoms with van der Waals surface area (Å²) in [5.74, 6) is 0.305. The van der Waals surface area contributed by atoms with Gasteiger partial charge in [-0.3, -0.25) is 15.1 Å². The van der Waals surface area contributed by atoms with Gasteiger partial charge < -0.3 is 9.84 Å². The zero-order valence-electron chi connectivity index (χ0n) is 18.5. The van der Waals surface area contributed by atoms with E-state index in [0.717, 1.165) is 12.8 Å². The van der Waals surface area contributed by atoms with Gasteiger partial charge >= 0.3 is 0 Å². The van der Waals surface area contributed by atoms with Gasteiger partial charge in [-0.1, -0.05) is 18.0 Å². The second kappa shape index (κ2) is 9.06. The maximum Gasteiger partial charge on any atom is 0.218 e. The van der Waals surface area contributed by atoms with Crippen LogP contribution in [0.4, 0.5) is 4.39 Å². The molecule has 0 aromatic carbocycles. The topological polar surface area (TPSA) is 99.4 Å². The standard InChI is InChI=1S/C23H30ClFN4O3/c1-13(16-10-14(25)12-29(16)2)32-19-11-18(24)27-22(28-19)20(26)15-6-5-9-23(21(15)31)8-4-3-7-17(23)30/h11,13-14,16,26,31H,3-10,12H2,1-2H3/t13-,14-,16-,23+/m0/s1. The molecular weight excluding hydrogens is 435 g/mol. The van der Waals surface area contributed by atoms with Crippen molar-refractivity contribution in [1.29, 1.82) is 5.41 Å². The molecule has 32 heavy (non-hydrogen) atoms. The number of carbonyl (C=O) groups excluding carboxylic acids is 1. The van der Waals surface area contributed by atoms with Crippen LogP contribution in [0.15, 0.2) is 17.4 Å². The molecule has 174 valence electrons. The summed E-state index contributed by atoms with van der Waals surface area (Å²) in [5.41, 5.74) is -0.508. The molecule has 2 heterocycles. The summed E-state index contributed by atoms with van der Waals surface area (Å²) < 4.78 is 19.7. The molecule has 2 N–H and O–H groups in total. The van der Waals surface area contributed by atoms with E-state index in [4.69, 9.17) is 21.7 Å². The molecule has 0 unspecified atom stereocenters. The molecular formula is C23H30ClFN4O3. The van der Waals surface area contributed by atoms with Crippen molar-refractivity contribution in [3.63, 3.8) is 0 Å².